The van der Waals surface area contributed by atoms with Crippen molar-refractivity contribution in [1.29, 1.82) is 0 Å². The van der Waals surface area contributed by atoms with Crippen LogP contribution >= 0.6 is 0 Å². The summed E-state index contributed by atoms with van der Waals surface area (Å²) in [4.78, 5) is 12.6. The topological polar surface area (TPSA) is 43.4 Å². The van der Waals surface area contributed by atoms with Crippen LogP contribution in [0.4, 0.5) is 4.39 Å². The Kier molecular flexibility index (Phi) is 5.22. The Morgan fingerprint density at radius 3 is 2.29 bits per heavy atom. The molecular weight excluding hydrogens is 291 g/mol. The molecule has 2 aromatic rings. The summed E-state index contributed by atoms with van der Waals surface area (Å²) >= 11 is 0. The van der Waals surface area contributed by atoms with Crippen molar-refractivity contribution in [3.8, 4) is 5.75 Å². The largest absolute Gasteiger partial charge is 0.497 e. The van der Waals surface area contributed by atoms with E-state index in [9.17, 15) is 13.4 Å². The third-order valence-corrected chi connectivity index (χ3v) is 4.38. The maximum atomic E-state index is 12.8. The number of ether oxygens (including phenoxy) is 1. The van der Waals surface area contributed by atoms with Gasteiger partial charge in [0.25, 0.3) is 0 Å². The highest BCUT2D eigenvalue weighted by Gasteiger charge is 2.10. The summed E-state index contributed by atoms with van der Waals surface area (Å²) in [6.45, 7) is 0. The molecule has 3 nitrogen and oxygen atoms in total. The maximum Gasteiger partial charge on any atom is 0.163 e. The summed E-state index contributed by atoms with van der Waals surface area (Å²) in [5.74, 6) is 0.408. The fourth-order valence-electron chi connectivity index (χ4n) is 1.81. The lowest BCUT2D eigenvalue weighted by atomic mass is 10.1. The maximum absolute atomic E-state index is 12.8. The lowest BCUT2D eigenvalue weighted by Gasteiger charge is -2.04. The Morgan fingerprint density at radius 1 is 1.10 bits per heavy atom. The minimum Gasteiger partial charge on any atom is -0.497 e. The number of rotatable bonds is 6. The van der Waals surface area contributed by atoms with E-state index in [1.807, 2.05) is 0 Å². The number of halogens is 1. The molecule has 0 heterocycles. The van der Waals surface area contributed by atoms with Crippen LogP contribution in [-0.2, 0) is 10.8 Å². The molecule has 5 heteroatoms. The van der Waals surface area contributed by atoms with Gasteiger partial charge in [-0.1, -0.05) is 0 Å². The van der Waals surface area contributed by atoms with Crippen molar-refractivity contribution < 1.29 is 18.1 Å². The van der Waals surface area contributed by atoms with Crippen LogP contribution in [0.15, 0.2) is 53.4 Å². The first-order valence-electron chi connectivity index (χ1n) is 6.41. The van der Waals surface area contributed by atoms with E-state index in [0.29, 0.717) is 16.2 Å². The highest BCUT2D eigenvalue weighted by Crippen LogP contribution is 2.15. The molecule has 0 saturated heterocycles. The van der Waals surface area contributed by atoms with E-state index in [2.05, 4.69) is 0 Å². The fraction of sp³-hybridized carbons (Fsp3) is 0.188. The van der Waals surface area contributed by atoms with E-state index < -0.39 is 10.8 Å². The van der Waals surface area contributed by atoms with Crippen LogP contribution in [0.5, 0.6) is 5.75 Å². The zero-order valence-corrected chi connectivity index (χ0v) is 12.4. The third kappa shape index (κ3) is 4.23. The number of benzene rings is 2. The van der Waals surface area contributed by atoms with Crippen molar-refractivity contribution >= 4 is 16.6 Å². The van der Waals surface area contributed by atoms with Crippen LogP contribution in [0.2, 0.25) is 0 Å². The van der Waals surface area contributed by atoms with Crippen LogP contribution in [0.3, 0.4) is 0 Å². The zero-order valence-electron chi connectivity index (χ0n) is 11.5. The first-order valence-corrected chi connectivity index (χ1v) is 7.73. The van der Waals surface area contributed by atoms with Gasteiger partial charge in [0.2, 0.25) is 0 Å². The number of carbonyl (C=O) groups excluding carboxylic acids is 1. The lowest BCUT2D eigenvalue weighted by molar-refractivity contribution is 0.0989. The molecule has 0 spiro atoms. The number of Topliss-reactive ketones (excluding diaryl/α,β-unsaturated/α-hetero) is 1. The van der Waals surface area contributed by atoms with Crippen molar-refractivity contribution in [3.63, 3.8) is 0 Å². The summed E-state index contributed by atoms with van der Waals surface area (Å²) in [6, 6.07) is 12.3. The first-order chi connectivity index (χ1) is 10.1. The van der Waals surface area contributed by atoms with Crippen molar-refractivity contribution in [2.24, 2.45) is 0 Å². The minimum atomic E-state index is -1.24. The predicted molar refractivity (Wildman–Crippen MR) is 79.6 cm³/mol. The number of carbonyl (C=O) groups is 1. The van der Waals surface area contributed by atoms with Gasteiger partial charge in [0.1, 0.15) is 11.6 Å². The first kappa shape index (κ1) is 15.4. The second-order valence-corrected chi connectivity index (χ2v) is 5.98. The molecule has 1 unspecified atom stereocenters. The molecule has 0 bridgehead atoms. The van der Waals surface area contributed by atoms with E-state index in [1.165, 1.54) is 24.3 Å². The average molecular weight is 306 g/mol. The Morgan fingerprint density at radius 2 is 1.71 bits per heavy atom. The molecule has 1 atom stereocenters. The van der Waals surface area contributed by atoms with Gasteiger partial charge in [-0.05, 0) is 48.5 Å². The van der Waals surface area contributed by atoms with Crippen molar-refractivity contribution in [2.45, 2.75) is 11.3 Å². The lowest BCUT2D eigenvalue weighted by Crippen LogP contribution is -2.06. The quantitative estimate of drug-likeness (QED) is 0.770. The highest BCUT2D eigenvalue weighted by molar-refractivity contribution is 7.85. The molecule has 0 fully saturated rings. The van der Waals surface area contributed by atoms with Crippen LogP contribution in [-0.4, -0.2) is 22.9 Å². The highest BCUT2D eigenvalue weighted by atomic mass is 32.2. The zero-order chi connectivity index (χ0) is 15.2. The molecule has 0 radical (unpaired) electrons. The third-order valence-electron chi connectivity index (χ3n) is 3.00. The van der Waals surface area contributed by atoms with Crippen LogP contribution in [0.1, 0.15) is 16.8 Å². The van der Waals surface area contributed by atoms with Crippen LogP contribution in [0, 0.1) is 5.82 Å². The molecule has 0 aliphatic carbocycles. The molecule has 21 heavy (non-hydrogen) atoms. The molecule has 0 aromatic heterocycles. The Labute approximate surface area is 125 Å². The van der Waals surface area contributed by atoms with Crippen LogP contribution in [0.25, 0.3) is 0 Å². The van der Waals surface area contributed by atoms with Crippen LogP contribution < -0.4 is 4.74 Å². The van der Waals surface area contributed by atoms with Gasteiger partial charge in [0.05, 0.1) is 17.9 Å². The summed E-state index contributed by atoms with van der Waals surface area (Å²) in [7, 11) is 0.320. The van der Waals surface area contributed by atoms with E-state index in [0.717, 1.165) is 0 Å². The fourth-order valence-corrected chi connectivity index (χ4v) is 2.86. The molecular formula is C16H15FO3S. The van der Waals surface area contributed by atoms with E-state index in [-0.39, 0.29) is 23.8 Å². The van der Waals surface area contributed by atoms with Gasteiger partial charge < -0.3 is 4.74 Å². The Hall–Kier alpha value is -2.01. The summed E-state index contributed by atoms with van der Waals surface area (Å²) in [5.41, 5.74) is 0.433. The van der Waals surface area contributed by atoms with E-state index in [1.54, 1.807) is 31.4 Å². The monoisotopic (exact) mass is 306 g/mol. The van der Waals surface area contributed by atoms with Gasteiger partial charge in [-0.2, -0.15) is 0 Å². The molecule has 0 amide bonds. The predicted octanol–water partition coefficient (Wildman–Crippen LogP) is 3.21. The average Bonchev–Trinajstić information content (AvgIpc) is 2.53. The molecule has 0 aliphatic heterocycles. The minimum absolute atomic E-state index is 0.142. The van der Waals surface area contributed by atoms with Crippen molar-refractivity contribution in [2.75, 3.05) is 12.9 Å². The summed E-state index contributed by atoms with van der Waals surface area (Å²) < 4.78 is 29.9. The molecule has 2 aromatic carbocycles. The summed E-state index contributed by atoms with van der Waals surface area (Å²) in [5, 5.41) is 0. The van der Waals surface area contributed by atoms with Gasteiger partial charge in [0, 0.05) is 22.6 Å². The Bertz CT molecular complexity index is 636. The number of hydrogen-bond donors (Lipinski definition) is 0. The molecule has 0 aliphatic rings. The van der Waals surface area contributed by atoms with Gasteiger partial charge in [-0.25, -0.2) is 4.39 Å². The van der Waals surface area contributed by atoms with Gasteiger partial charge in [0.15, 0.2) is 5.78 Å². The van der Waals surface area contributed by atoms with Gasteiger partial charge in [-0.15, -0.1) is 0 Å². The smallest absolute Gasteiger partial charge is 0.163 e. The van der Waals surface area contributed by atoms with Gasteiger partial charge >= 0.3 is 0 Å². The second-order valence-electron chi connectivity index (χ2n) is 4.41. The molecule has 110 valence electrons. The Balaban J connectivity index is 1.93. The van der Waals surface area contributed by atoms with E-state index in [4.69, 9.17) is 4.74 Å². The SMILES string of the molecule is COc1ccc(S(=O)CCC(=O)c2ccc(F)cc2)cc1. The summed E-state index contributed by atoms with van der Waals surface area (Å²) in [6.07, 6.45) is 0.157. The van der Waals surface area contributed by atoms with Crippen molar-refractivity contribution in [3.05, 3.63) is 59.9 Å². The molecule has 0 saturated carbocycles. The van der Waals surface area contributed by atoms with Gasteiger partial charge in [-0.3, -0.25) is 9.00 Å². The van der Waals surface area contributed by atoms with Crippen molar-refractivity contribution in [1.82, 2.24) is 0 Å². The molecule has 2 rings (SSSR count). The normalized spacial score (nSPS) is 11.9. The second kappa shape index (κ2) is 7.13. The van der Waals surface area contributed by atoms with E-state index >= 15 is 0 Å². The molecule has 0 N–H and O–H groups in total. The standard InChI is InChI=1S/C16H15FO3S/c1-20-14-6-8-15(9-7-14)21(19)11-10-16(18)12-2-4-13(17)5-3-12/h2-9H,10-11H2,1H3. The number of methoxy groups -OCH3 is 1. The number of hydrogen-bond acceptors (Lipinski definition) is 3. The number of ketones is 1.